The quantitative estimate of drug-likeness (QED) is 0.352. The number of benzene rings is 2. The third kappa shape index (κ3) is 7.39. The van der Waals surface area contributed by atoms with E-state index in [2.05, 4.69) is 28.2 Å². The summed E-state index contributed by atoms with van der Waals surface area (Å²) in [5.74, 6) is -0.0135. The summed E-state index contributed by atoms with van der Waals surface area (Å²) in [7, 11) is 0. The molecule has 0 spiro atoms. The highest BCUT2D eigenvalue weighted by molar-refractivity contribution is 9.10. The van der Waals surface area contributed by atoms with Gasteiger partial charge in [0.1, 0.15) is 11.8 Å². The summed E-state index contributed by atoms with van der Waals surface area (Å²) in [6.07, 6.45) is 2.73. The van der Waals surface area contributed by atoms with Gasteiger partial charge in [-0.1, -0.05) is 55.6 Å². The molecule has 2 amide bonds. The van der Waals surface area contributed by atoms with Crippen LogP contribution in [-0.2, 0) is 22.6 Å². The summed E-state index contributed by atoms with van der Waals surface area (Å²) in [4.78, 5) is 27.3. The third-order valence-corrected chi connectivity index (χ3v) is 6.47. The molecule has 0 heterocycles. The fraction of sp³-hybridized carbons (Fsp3) is 0.417. The van der Waals surface area contributed by atoms with Crippen LogP contribution in [0.4, 0.5) is 0 Å². The molecule has 0 saturated carbocycles. The van der Waals surface area contributed by atoms with Crippen LogP contribution in [0.3, 0.4) is 0 Å². The Kier molecular flexibility index (Phi) is 10.8. The smallest absolute Gasteiger partial charge is 0.261 e. The van der Waals surface area contributed by atoms with Gasteiger partial charge >= 0.3 is 0 Å². The predicted molar refractivity (Wildman–Crippen MR) is 133 cm³/mol. The number of amides is 2. The van der Waals surface area contributed by atoms with Gasteiger partial charge in [0.25, 0.3) is 5.91 Å². The van der Waals surface area contributed by atoms with Gasteiger partial charge in [0.2, 0.25) is 5.91 Å². The Morgan fingerprint density at radius 3 is 2.44 bits per heavy atom. The molecule has 2 aromatic rings. The highest BCUT2D eigenvalue weighted by atomic mass is 79.9. The molecule has 0 aliphatic carbocycles. The molecule has 5 nitrogen and oxygen atoms in total. The fourth-order valence-corrected chi connectivity index (χ4v) is 4.13. The van der Waals surface area contributed by atoms with Crippen LogP contribution < -0.4 is 10.1 Å². The van der Waals surface area contributed by atoms with Crippen molar-refractivity contribution in [3.05, 3.63) is 62.0 Å². The van der Waals surface area contributed by atoms with Crippen molar-refractivity contribution in [2.24, 2.45) is 0 Å². The fourth-order valence-electron chi connectivity index (χ4n) is 3.08. The van der Waals surface area contributed by atoms with Crippen LogP contribution in [0.15, 0.2) is 40.9 Å². The molecule has 0 unspecified atom stereocenters. The second-order valence-corrected chi connectivity index (χ2v) is 9.12. The van der Waals surface area contributed by atoms with Crippen molar-refractivity contribution in [2.45, 2.75) is 52.6 Å². The van der Waals surface area contributed by atoms with Crippen molar-refractivity contribution in [2.75, 3.05) is 13.2 Å². The number of halogens is 3. The monoisotopic (exact) mass is 542 g/mol. The maximum atomic E-state index is 13.2. The first-order valence-electron chi connectivity index (χ1n) is 10.7. The second-order valence-electron chi connectivity index (χ2n) is 7.45. The van der Waals surface area contributed by atoms with E-state index in [1.54, 1.807) is 25.1 Å². The van der Waals surface area contributed by atoms with Gasteiger partial charge in [-0.15, -0.1) is 0 Å². The van der Waals surface area contributed by atoms with Gasteiger partial charge in [0, 0.05) is 28.7 Å². The van der Waals surface area contributed by atoms with Gasteiger partial charge in [-0.25, -0.2) is 0 Å². The number of ether oxygens (including phenoxy) is 1. The lowest BCUT2D eigenvalue weighted by molar-refractivity contribution is -0.142. The minimum atomic E-state index is -0.721. The van der Waals surface area contributed by atoms with E-state index in [9.17, 15) is 9.59 Å². The highest BCUT2D eigenvalue weighted by Gasteiger charge is 2.27. The van der Waals surface area contributed by atoms with Crippen LogP contribution in [0.25, 0.3) is 0 Å². The molecule has 2 rings (SSSR count). The molecule has 1 N–H and O–H groups in total. The number of carbonyl (C=O) groups is 2. The van der Waals surface area contributed by atoms with Crippen molar-refractivity contribution in [3.63, 3.8) is 0 Å². The van der Waals surface area contributed by atoms with Crippen molar-refractivity contribution < 1.29 is 14.3 Å². The molecule has 32 heavy (non-hydrogen) atoms. The Morgan fingerprint density at radius 1 is 1.16 bits per heavy atom. The normalized spacial score (nSPS) is 11.7. The molecule has 8 heteroatoms. The molecule has 0 aliphatic heterocycles. The summed E-state index contributed by atoms with van der Waals surface area (Å²) < 4.78 is 6.54. The predicted octanol–water partition coefficient (Wildman–Crippen LogP) is 6.03. The molecule has 0 bridgehead atoms. The van der Waals surface area contributed by atoms with Crippen LogP contribution >= 0.6 is 39.1 Å². The van der Waals surface area contributed by atoms with Crippen LogP contribution in [0.1, 0.15) is 44.7 Å². The molecule has 1 atom stereocenters. The molecule has 0 fully saturated rings. The van der Waals surface area contributed by atoms with E-state index in [1.807, 2.05) is 25.1 Å². The average molecular weight is 544 g/mol. The number of nitrogens with one attached hydrogen (secondary N) is 1. The van der Waals surface area contributed by atoms with E-state index >= 15 is 0 Å². The van der Waals surface area contributed by atoms with E-state index < -0.39 is 6.04 Å². The van der Waals surface area contributed by atoms with Crippen LogP contribution in [0, 0.1) is 0 Å². The zero-order valence-electron chi connectivity index (χ0n) is 18.6. The van der Waals surface area contributed by atoms with E-state index in [0.29, 0.717) is 27.9 Å². The van der Waals surface area contributed by atoms with E-state index in [1.165, 1.54) is 4.90 Å². The SMILES string of the molecule is CCCCNC(=O)[C@@H](C)N(Cc1c(Cl)cccc1Cl)C(=O)COc1ccc(CC)cc1Br. The summed E-state index contributed by atoms with van der Waals surface area (Å²) >= 11 is 16.1. The number of nitrogens with zero attached hydrogens (tertiary/aromatic N) is 1. The lowest BCUT2D eigenvalue weighted by atomic mass is 10.1. The molecule has 0 aliphatic rings. The third-order valence-electron chi connectivity index (χ3n) is 5.14. The van der Waals surface area contributed by atoms with Crippen LogP contribution in [0.5, 0.6) is 5.75 Å². The van der Waals surface area contributed by atoms with Crippen molar-refractivity contribution in [1.82, 2.24) is 10.2 Å². The van der Waals surface area contributed by atoms with Gasteiger partial charge in [-0.2, -0.15) is 0 Å². The molecule has 2 aromatic carbocycles. The van der Waals surface area contributed by atoms with E-state index in [-0.39, 0.29) is 25.0 Å². The lowest BCUT2D eigenvalue weighted by Crippen LogP contribution is -2.49. The average Bonchev–Trinajstić information content (AvgIpc) is 2.77. The maximum absolute atomic E-state index is 13.2. The number of aryl methyl sites for hydroxylation is 1. The standard InChI is InChI=1S/C24H29BrCl2N2O3/c1-4-6-12-28-24(31)16(3)29(14-18-20(26)8-7-9-21(18)27)23(30)15-32-22-11-10-17(5-2)13-19(22)25/h7-11,13,16H,4-6,12,14-15H2,1-3H3,(H,28,31)/t16-/m1/s1. The molecular weight excluding hydrogens is 515 g/mol. The van der Waals surface area contributed by atoms with Crippen molar-refractivity contribution >= 4 is 50.9 Å². The van der Waals surface area contributed by atoms with Gasteiger partial charge < -0.3 is 15.0 Å². The number of carbonyl (C=O) groups excluding carboxylic acids is 2. The van der Waals surface area contributed by atoms with Gasteiger partial charge in [-0.3, -0.25) is 9.59 Å². The zero-order valence-corrected chi connectivity index (χ0v) is 21.7. The first-order chi connectivity index (χ1) is 15.3. The maximum Gasteiger partial charge on any atom is 0.261 e. The van der Waals surface area contributed by atoms with Crippen LogP contribution in [0.2, 0.25) is 10.0 Å². The lowest BCUT2D eigenvalue weighted by Gasteiger charge is -2.29. The largest absolute Gasteiger partial charge is 0.483 e. The number of unbranched alkanes of at least 4 members (excludes halogenated alkanes) is 1. The Labute approximate surface area is 208 Å². The molecule has 0 aromatic heterocycles. The van der Waals surface area contributed by atoms with Gasteiger partial charge in [0.15, 0.2) is 6.61 Å². The summed E-state index contributed by atoms with van der Waals surface area (Å²) in [6.45, 7) is 6.24. The molecule has 0 saturated heterocycles. The van der Waals surface area contributed by atoms with Crippen LogP contribution in [-0.4, -0.2) is 35.9 Å². The molecule has 0 radical (unpaired) electrons. The Balaban J connectivity index is 2.20. The number of rotatable bonds is 11. The Bertz CT molecular complexity index is 919. The summed E-state index contributed by atoms with van der Waals surface area (Å²) in [5.41, 5.74) is 1.74. The number of hydrogen-bond donors (Lipinski definition) is 1. The second kappa shape index (κ2) is 13.1. The Morgan fingerprint density at radius 2 is 1.84 bits per heavy atom. The van der Waals surface area contributed by atoms with Gasteiger partial charge in [0.05, 0.1) is 4.47 Å². The minimum absolute atomic E-state index is 0.0962. The number of hydrogen-bond acceptors (Lipinski definition) is 3. The first kappa shape index (κ1) is 26.5. The topological polar surface area (TPSA) is 58.6 Å². The molecule has 174 valence electrons. The van der Waals surface area contributed by atoms with Gasteiger partial charge in [-0.05, 0) is 65.5 Å². The summed E-state index contributed by atoms with van der Waals surface area (Å²) in [5, 5.41) is 3.76. The highest BCUT2D eigenvalue weighted by Crippen LogP contribution is 2.28. The Hall–Kier alpha value is -1.76. The van der Waals surface area contributed by atoms with Crippen molar-refractivity contribution in [1.29, 1.82) is 0 Å². The minimum Gasteiger partial charge on any atom is -0.483 e. The molecular formula is C24H29BrCl2N2O3. The zero-order chi connectivity index (χ0) is 23.7. The van der Waals surface area contributed by atoms with E-state index in [0.717, 1.165) is 29.3 Å². The summed E-state index contributed by atoms with van der Waals surface area (Å²) in [6, 6.07) is 10.2. The van der Waals surface area contributed by atoms with E-state index in [4.69, 9.17) is 27.9 Å². The first-order valence-corrected chi connectivity index (χ1v) is 12.2. The van der Waals surface area contributed by atoms with Crippen molar-refractivity contribution in [3.8, 4) is 5.75 Å².